The monoisotopic (exact) mass is 421 g/mol. The second-order valence-electron chi connectivity index (χ2n) is 8.26. The maximum Gasteiger partial charge on any atom is 0.262 e. The number of benzene rings is 1. The SMILES string of the molecule is CC(C)C[C@@H](C(=O)N([C@@H]1CCS(=O)(=O)C1)N(C)C)N1C(=O)c2ccccc2C1=O. The normalized spacial score (nSPS) is 21.7. The Labute approximate surface area is 171 Å². The summed E-state index contributed by atoms with van der Waals surface area (Å²) in [6.07, 6.45) is 0.636. The molecule has 1 aromatic carbocycles. The highest BCUT2D eigenvalue weighted by Crippen LogP contribution is 2.29. The van der Waals surface area contributed by atoms with E-state index in [9.17, 15) is 22.8 Å². The van der Waals surface area contributed by atoms with Gasteiger partial charge in [0.15, 0.2) is 9.84 Å². The molecule has 3 rings (SSSR count). The minimum Gasteiger partial charge on any atom is -0.271 e. The highest BCUT2D eigenvalue weighted by Gasteiger charge is 2.46. The first-order valence-electron chi connectivity index (χ1n) is 9.71. The van der Waals surface area contributed by atoms with Crippen molar-refractivity contribution in [3.05, 3.63) is 35.4 Å². The molecule has 0 saturated carbocycles. The number of hydrogen-bond donors (Lipinski definition) is 0. The number of imide groups is 1. The van der Waals surface area contributed by atoms with Gasteiger partial charge in [0.05, 0.1) is 28.7 Å². The Hall–Kier alpha value is -2.26. The summed E-state index contributed by atoms with van der Waals surface area (Å²) in [5.41, 5.74) is 0.581. The fraction of sp³-hybridized carbons (Fsp3) is 0.550. The molecule has 9 heteroatoms. The van der Waals surface area contributed by atoms with Crippen LogP contribution in [-0.2, 0) is 14.6 Å². The molecule has 8 nitrogen and oxygen atoms in total. The Morgan fingerprint density at radius 2 is 1.69 bits per heavy atom. The molecule has 1 aromatic rings. The number of amides is 3. The number of carbonyl (C=O) groups is 3. The molecule has 1 saturated heterocycles. The molecular formula is C20H27N3O5S. The van der Waals surface area contributed by atoms with Crippen LogP contribution in [0.4, 0.5) is 0 Å². The van der Waals surface area contributed by atoms with Crippen molar-refractivity contribution in [1.29, 1.82) is 0 Å². The lowest BCUT2D eigenvalue weighted by atomic mass is 10.0. The van der Waals surface area contributed by atoms with E-state index in [4.69, 9.17) is 0 Å². The van der Waals surface area contributed by atoms with E-state index in [1.165, 1.54) is 5.01 Å². The molecular weight excluding hydrogens is 394 g/mol. The summed E-state index contributed by atoms with van der Waals surface area (Å²) in [7, 11) is 0.120. The molecule has 158 valence electrons. The zero-order valence-electron chi connectivity index (χ0n) is 17.2. The minimum atomic E-state index is -3.21. The third kappa shape index (κ3) is 4.06. The van der Waals surface area contributed by atoms with Gasteiger partial charge in [0.25, 0.3) is 17.7 Å². The summed E-state index contributed by atoms with van der Waals surface area (Å²) < 4.78 is 23.9. The van der Waals surface area contributed by atoms with Crippen molar-refractivity contribution in [2.75, 3.05) is 25.6 Å². The number of carbonyl (C=O) groups excluding carboxylic acids is 3. The number of rotatable bonds is 6. The van der Waals surface area contributed by atoms with Crippen molar-refractivity contribution < 1.29 is 22.8 Å². The average Bonchev–Trinajstić information content (AvgIpc) is 3.10. The van der Waals surface area contributed by atoms with Crippen molar-refractivity contribution in [3.8, 4) is 0 Å². The number of nitrogens with zero attached hydrogens (tertiary/aromatic N) is 3. The molecule has 1 fully saturated rings. The Morgan fingerprint density at radius 3 is 2.10 bits per heavy atom. The Balaban J connectivity index is 1.97. The predicted octanol–water partition coefficient (Wildman–Crippen LogP) is 1.19. The van der Waals surface area contributed by atoms with Gasteiger partial charge in [0, 0.05) is 14.1 Å². The highest BCUT2D eigenvalue weighted by atomic mass is 32.2. The number of sulfone groups is 1. The van der Waals surface area contributed by atoms with Crippen LogP contribution in [0.15, 0.2) is 24.3 Å². The van der Waals surface area contributed by atoms with E-state index in [1.807, 2.05) is 13.8 Å². The van der Waals surface area contributed by atoms with Gasteiger partial charge in [-0.1, -0.05) is 26.0 Å². The third-order valence-electron chi connectivity index (χ3n) is 5.33. The minimum absolute atomic E-state index is 0.0250. The molecule has 0 aliphatic carbocycles. The molecule has 2 aliphatic heterocycles. The van der Waals surface area contributed by atoms with Crippen LogP contribution in [0.3, 0.4) is 0 Å². The van der Waals surface area contributed by atoms with Crippen molar-refractivity contribution in [1.82, 2.24) is 14.9 Å². The lowest BCUT2D eigenvalue weighted by Gasteiger charge is -2.38. The summed E-state index contributed by atoms with van der Waals surface area (Å²) in [5.74, 6) is -1.44. The molecule has 3 amide bonds. The summed E-state index contributed by atoms with van der Waals surface area (Å²) in [6, 6.07) is 5.03. The van der Waals surface area contributed by atoms with Crippen molar-refractivity contribution in [3.63, 3.8) is 0 Å². The fourth-order valence-corrected chi connectivity index (χ4v) is 5.77. The van der Waals surface area contributed by atoms with Crippen LogP contribution in [0.1, 0.15) is 47.4 Å². The summed E-state index contributed by atoms with van der Waals surface area (Å²) in [6.45, 7) is 3.83. The molecule has 0 radical (unpaired) electrons. The molecule has 2 heterocycles. The van der Waals surface area contributed by atoms with Crippen LogP contribution in [0.5, 0.6) is 0 Å². The summed E-state index contributed by atoms with van der Waals surface area (Å²) in [5, 5.41) is 2.96. The van der Waals surface area contributed by atoms with E-state index in [2.05, 4.69) is 0 Å². The average molecular weight is 422 g/mol. The van der Waals surface area contributed by atoms with Gasteiger partial charge < -0.3 is 0 Å². The number of hydrazine groups is 1. The van der Waals surface area contributed by atoms with Crippen LogP contribution in [0.25, 0.3) is 0 Å². The van der Waals surface area contributed by atoms with Gasteiger partial charge in [-0.15, -0.1) is 0 Å². The maximum atomic E-state index is 13.6. The largest absolute Gasteiger partial charge is 0.271 e. The zero-order valence-corrected chi connectivity index (χ0v) is 18.0. The van der Waals surface area contributed by atoms with Crippen LogP contribution >= 0.6 is 0 Å². The predicted molar refractivity (Wildman–Crippen MR) is 108 cm³/mol. The van der Waals surface area contributed by atoms with Gasteiger partial charge in [0.2, 0.25) is 0 Å². The van der Waals surface area contributed by atoms with Gasteiger partial charge in [-0.2, -0.15) is 0 Å². The molecule has 0 spiro atoms. The van der Waals surface area contributed by atoms with E-state index in [0.29, 0.717) is 24.0 Å². The van der Waals surface area contributed by atoms with Gasteiger partial charge in [-0.3, -0.25) is 24.3 Å². The first-order valence-corrected chi connectivity index (χ1v) is 11.5. The molecule has 29 heavy (non-hydrogen) atoms. The first kappa shape index (κ1) is 21.4. The molecule has 2 aliphatic rings. The van der Waals surface area contributed by atoms with Gasteiger partial charge in [-0.05, 0) is 30.9 Å². The topological polar surface area (TPSA) is 95.1 Å². The molecule has 0 bridgehead atoms. The number of hydrogen-bond acceptors (Lipinski definition) is 6. The lowest BCUT2D eigenvalue weighted by molar-refractivity contribution is -0.154. The van der Waals surface area contributed by atoms with E-state index in [0.717, 1.165) is 4.90 Å². The van der Waals surface area contributed by atoms with E-state index in [1.54, 1.807) is 43.4 Å². The van der Waals surface area contributed by atoms with Gasteiger partial charge in [0.1, 0.15) is 6.04 Å². The second-order valence-corrected chi connectivity index (χ2v) is 10.5. The maximum absolute atomic E-state index is 13.6. The zero-order chi connectivity index (χ0) is 21.5. The Bertz CT molecular complexity index is 906. The molecule has 0 unspecified atom stereocenters. The van der Waals surface area contributed by atoms with Crippen molar-refractivity contribution >= 4 is 27.6 Å². The molecule has 0 aromatic heterocycles. The molecule has 0 N–H and O–H groups in total. The highest BCUT2D eigenvalue weighted by molar-refractivity contribution is 7.91. The van der Waals surface area contributed by atoms with Gasteiger partial charge >= 0.3 is 0 Å². The first-order chi connectivity index (χ1) is 13.5. The van der Waals surface area contributed by atoms with E-state index < -0.39 is 39.6 Å². The van der Waals surface area contributed by atoms with Crippen LogP contribution < -0.4 is 0 Å². The van der Waals surface area contributed by atoms with Crippen molar-refractivity contribution in [2.24, 2.45) is 5.92 Å². The van der Waals surface area contributed by atoms with Crippen LogP contribution in [0, 0.1) is 5.92 Å². The quantitative estimate of drug-likeness (QED) is 0.506. The van der Waals surface area contributed by atoms with Crippen molar-refractivity contribution in [2.45, 2.75) is 38.8 Å². The molecule has 2 atom stereocenters. The second kappa shape index (κ2) is 7.87. The number of fused-ring (bicyclic) bond motifs is 1. The third-order valence-corrected chi connectivity index (χ3v) is 7.08. The standard InChI is InChI=1S/C20H27N3O5S/c1-13(2)11-17(22-18(24)15-7-5-6-8-16(15)19(22)25)20(26)23(21(3)4)14-9-10-29(27,28)12-14/h5-8,13-14,17H,9-12H2,1-4H3/t14-,17+/m1/s1. The van der Waals surface area contributed by atoms with E-state index in [-0.39, 0.29) is 17.4 Å². The van der Waals surface area contributed by atoms with Gasteiger partial charge in [-0.25, -0.2) is 13.4 Å². The Kier molecular flexibility index (Phi) is 5.82. The lowest BCUT2D eigenvalue weighted by Crippen LogP contribution is -2.58. The summed E-state index contributed by atoms with van der Waals surface area (Å²) >= 11 is 0. The smallest absolute Gasteiger partial charge is 0.262 e. The van der Waals surface area contributed by atoms with Crippen LogP contribution in [-0.4, -0.2) is 78.7 Å². The van der Waals surface area contributed by atoms with Crippen LogP contribution in [0.2, 0.25) is 0 Å². The Morgan fingerprint density at radius 1 is 1.14 bits per heavy atom. The summed E-state index contributed by atoms with van der Waals surface area (Å²) in [4.78, 5) is 40.6. The van der Waals surface area contributed by atoms with E-state index >= 15 is 0 Å². The fourth-order valence-electron chi connectivity index (χ4n) is 4.08.